The number of hydrogen-bond acceptors (Lipinski definition) is 4. The molecule has 0 aliphatic carbocycles. The minimum absolute atomic E-state index is 0.0153. The highest BCUT2D eigenvalue weighted by molar-refractivity contribution is 6.39. The summed E-state index contributed by atoms with van der Waals surface area (Å²) in [6, 6.07) is 1.70. The van der Waals surface area contributed by atoms with Crippen molar-refractivity contribution in [1.82, 2.24) is 4.90 Å². The Kier molecular flexibility index (Phi) is 2.82. The quantitative estimate of drug-likeness (QED) is 0.584. The van der Waals surface area contributed by atoms with Crippen molar-refractivity contribution in [2.75, 3.05) is 13.1 Å². The molecule has 0 spiro atoms. The number of amides is 1. The fourth-order valence-electron chi connectivity index (χ4n) is 1.21. The lowest BCUT2D eigenvalue weighted by Gasteiger charge is -2.11. The van der Waals surface area contributed by atoms with Crippen LogP contribution in [-0.2, 0) is 14.4 Å². The first-order valence-electron chi connectivity index (χ1n) is 4.00. The van der Waals surface area contributed by atoms with Gasteiger partial charge in [-0.15, -0.1) is 0 Å². The molecule has 0 aromatic heterocycles. The first kappa shape index (κ1) is 10.2. The molecule has 6 heteroatoms. The lowest BCUT2D eigenvalue weighted by molar-refractivity contribution is -0.142. The Hall–Kier alpha value is -1.90. The number of carboxylic acids is 1. The smallest absolute Gasteiger partial charge is 0.305 e. The molecule has 1 aliphatic rings. The molecule has 0 unspecified atom stereocenters. The summed E-state index contributed by atoms with van der Waals surface area (Å²) in [5.41, 5.74) is 0. The number of nitrogens with zero attached hydrogens (tertiary/aromatic N) is 2. The van der Waals surface area contributed by atoms with Crippen LogP contribution in [0.25, 0.3) is 0 Å². The second-order valence-corrected chi connectivity index (χ2v) is 2.94. The van der Waals surface area contributed by atoms with Crippen LogP contribution in [0.4, 0.5) is 0 Å². The molecular weight excluding hydrogens is 188 g/mol. The fraction of sp³-hybridized carbons (Fsp3) is 0.500. The van der Waals surface area contributed by atoms with E-state index in [-0.39, 0.29) is 19.5 Å². The van der Waals surface area contributed by atoms with Crippen LogP contribution in [0.2, 0.25) is 0 Å². The van der Waals surface area contributed by atoms with Crippen LogP contribution in [0, 0.1) is 17.2 Å². The summed E-state index contributed by atoms with van der Waals surface area (Å²) in [4.78, 5) is 33.5. The number of nitriles is 1. The zero-order valence-electron chi connectivity index (χ0n) is 7.27. The van der Waals surface area contributed by atoms with Crippen molar-refractivity contribution in [3.8, 4) is 6.07 Å². The summed E-state index contributed by atoms with van der Waals surface area (Å²) >= 11 is 0. The van der Waals surface area contributed by atoms with E-state index in [9.17, 15) is 14.4 Å². The highest BCUT2D eigenvalue weighted by Crippen LogP contribution is 2.13. The average molecular weight is 196 g/mol. The van der Waals surface area contributed by atoms with E-state index in [1.807, 2.05) is 0 Å². The molecule has 1 aliphatic heterocycles. The third-order valence-corrected chi connectivity index (χ3v) is 1.97. The van der Waals surface area contributed by atoms with Crippen LogP contribution in [0.3, 0.4) is 0 Å². The van der Waals surface area contributed by atoms with Crippen LogP contribution in [-0.4, -0.2) is 40.8 Å². The molecule has 1 saturated heterocycles. The summed E-state index contributed by atoms with van der Waals surface area (Å²) in [6.45, 7) is -0.000463. The molecule has 1 rings (SSSR count). The van der Waals surface area contributed by atoms with Crippen molar-refractivity contribution in [1.29, 1.82) is 5.26 Å². The van der Waals surface area contributed by atoms with Crippen LogP contribution in [0.15, 0.2) is 0 Å². The predicted molar refractivity (Wildman–Crippen MR) is 42.9 cm³/mol. The van der Waals surface area contributed by atoms with Gasteiger partial charge >= 0.3 is 5.97 Å². The van der Waals surface area contributed by atoms with Crippen LogP contribution in [0.5, 0.6) is 0 Å². The predicted octanol–water partition coefficient (Wildman–Crippen LogP) is -0.988. The van der Waals surface area contributed by atoms with Gasteiger partial charge in [0, 0.05) is 13.1 Å². The Labute approximate surface area is 79.7 Å². The standard InChI is InChI=1S/C8H8N2O4/c9-3-5-4-10(2-1-6(11)12)8(14)7(5)13/h5H,1-2,4H2,(H,11,12)/t5-/m0/s1. The Morgan fingerprint density at radius 2 is 2.29 bits per heavy atom. The van der Waals surface area contributed by atoms with Gasteiger partial charge in [-0.2, -0.15) is 5.26 Å². The van der Waals surface area contributed by atoms with Crippen LogP contribution < -0.4 is 0 Å². The number of carbonyl (C=O) groups is 3. The Morgan fingerprint density at radius 1 is 1.64 bits per heavy atom. The summed E-state index contributed by atoms with van der Waals surface area (Å²) in [7, 11) is 0. The molecule has 14 heavy (non-hydrogen) atoms. The second-order valence-electron chi connectivity index (χ2n) is 2.94. The van der Waals surface area contributed by atoms with Crippen molar-refractivity contribution in [2.45, 2.75) is 6.42 Å². The molecular formula is C8H8N2O4. The Balaban J connectivity index is 2.58. The van der Waals surface area contributed by atoms with Gasteiger partial charge in [0.2, 0.25) is 5.78 Å². The van der Waals surface area contributed by atoms with Crippen molar-refractivity contribution < 1.29 is 19.5 Å². The van der Waals surface area contributed by atoms with Gasteiger partial charge in [-0.05, 0) is 0 Å². The van der Waals surface area contributed by atoms with Gasteiger partial charge in [0.15, 0.2) is 0 Å². The van der Waals surface area contributed by atoms with E-state index in [0.717, 1.165) is 4.90 Å². The maximum absolute atomic E-state index is 11.1. The van der Waals surface area contributed by atoms with E-state index in [0.29, 0.717) is 0 Å². The number of carboxylic acid groups (broad SMARTS) is 1. The Bertz CT molecular complexity index is 331. The van der Waals surface area contributed by atoms with E-state index >= 15 is 0 Å². The molecule has 0 aromatic rings. The van der Waals surface area contributed by atoms with Crippen molar-refractivity contribution in [3.63, 3.8) is 0 Å². The molecule has 6 nitrogen and oxygen atoms in total. The summed E-state index contributed by atoms with van der Waals surface area (Å²) < 4.78 is 0. The van der Waals surface area contributed by atoms with E-state index in [2.05, 4.69) is 0 Å². The van der Waals surface area contributed by atoms with Crippen molar-refractivity contribution in [3.05, 3.63) is 0 Å². The average Bonchev–Trinajstić information content (AvgIpc) is 2.41. The number of carbonyl (C=O) groups excluding carboxylic acids is 2. The largest absolute Gasteiger partial charge is 0.481 e. The summed E-state index contributed by atoms with van der Waals surface area (Å²) in [6.07, 6.45) is -0.211. The van der Waals surface area contributed by atoms with Crippen LogP contribution in [0.1, 0.15) is 6.42 Å². The molecule has 1 heterocycles. The van der Waals surface area contributed by atoms with Crippen LogP contribution >= 0.6 is 0 Å². The minimum atomic E-state index is -1.04. The number of likely N-dealkylation sites (tertiary alicyclic amines) is 1. The Morgan fingerprint density at radius 3 is 2.71 bits per heavy atom. The van der Waals surface area contributed by atoms with E-state index in [4.69, 9.17) is 10.4 Å². The topological polar surface area (TPSA) is 98.5 Å². The minimum Gasteiger partial charge on any atom is -0.481 e. The first-order valence-corrected chi connectivity index (χ1v) is 4.00. The van der Waals surface area contributed by atoms with Gasteiger partial charge < -0.3 is 10.0 Å². The van der Waals surface area contributed by atoms with Gasteiger partial charge in [-0.25, -0.2) is 0 Å². The molecule has 0 radical (unpaired) electrons. The maximum Gasteiger partial charge on any atom is 0.305 e. The molecule has 0 bridgehead atoms. The molecule has 0 aromatic carbocycles. The summed E-state index contributed by atoms with van der Waals surface area (Å²) in [5, 5.41) is 16.8. The number of ketones is 1. The normalized spacial score (nSPS) is 21.1. The van der Waals surface area contributed by atoms with E-state index in [1.54, 1.807) is 6.07 Å². The van der Waals surface area contributed by atoms with E-state index < -0.39 is 23.6 Å². The maximum atomic E-state index is 11.1. The molecule has 0 saturated carbocycles. The van der Waals surface area contributed by atoms with Gasteiger partial charge in [-0.3, -0.25) is 14.4 Å². The lowest BCUT2D eigenvalue weighted by atomic mass is 10.1. The van der Waals surface area contributed by atoms with Gasteiger partial charge in [0.1, 0.15) is 5.92 Å². The summed E-state index contributed by atoms with van der Waals surface area (Å²) in [5.74, 6) is -3.46. The van der Waals surface area contributed by atoms with Gasteiger partial charge in [-0.1, -0.05) is 0 Å². The third-order valence-electron chi connectivity index (χ3n) is 1.97. The molecule has 1 amide bonds. The number of aliphatic carboxylic acids is 1. The monoisotopic (exact) mass is 196 g/mol. The molecule has 1 fully saturated rings. The molecule has 74 valence electrons. The number of rotatable bonds is 3. The highest BCUT2D eigenvalue weighted by atomic mass is 16.4. The van der Waals surface area contributed by atoms with Gasteiger partial charge in [0.25, 0.3) is 5.91 Å². The number of Topliss-reactive ketones (excluding diaryl/α,β-unsaturated/α-hetero) is 1. The van der Waals surface area contributed by atoms with E-state index in [1.165, 1.54) is 0 Å². The zero-order valence-corrected chi connectivity index (χ0v) is 7.27. The highest BCUT2D eigenvalue weighted by Gasteiger charge is 2.38. The van der Waals surface area contributed by atoms with Crippen molar-refractivity contribution >= 4 is 17.7 Å². The van der Waals surface area contributed by atoms with Crippen molar-refractivity contribution in [2.24, 2.45) is 5.92 Å². The number of hydrogen-bond donors (Lipinski definition) is 1. The molecule has 1 N–H and O–H groups in total. The second kappa shape index (κ2) is 3.87. The third kappa shape index (κ3) is 1.88. The fourth-order valence-corrected chi connectivity index (χ4v) is 1.21. The molecule has 1 atom stereocenters. The zero-order chi connectivity index (χ0) is 10.7. The van der Waals surface area contributed by atoms with Gasteiger partial charge in [0.05, 0.1) is 12.5 Å². The lowest BCUT2D eigenvalue weighted by Crippen LogP contribution is -2.29. The first-order chi connectivity index (χ1) is 6.56. The SMILES string of the molecule is N#C[C@H]1CN(CCC(=O)O)C(=O)C1=O.